The number of rotatable bonds is 1. The van der Waals surface area contributed by atoms with Gasteiger partial charge in [0.2, 0.25) is 0 Å². The normalized spacial score (nSPS) is 38.6. The summed E-state index contributed by atoms with van der Waals surface area (Å²) in [5.41, 5.74) is 0. The highest BCUT2D eigenvalue weighted by Gasteiger charge is 2.37. The lowest BCUT2D eigenvalue weighted by Gasteiger charge is -2.47. The fourth-order valence-corrected chi connectivity index (χ4v) is 4.14. The number of β-amino-alcohol motifs (C(OH)–C–C–N with tert-alkyl or cyclic N) is 1. The maximum absolute atomic E-state index is 12.3. The number of aliphatic hydroxyl groups is 1. The number of amides is 2. The Morgan fingerprint density at radius 3 is 2.50 bits per heavy atom. The van der Waals surface area contributed by atoms with E-state index >= 15 is 0 Å². The molecule has 0 aliphatic carbocycles. The number of piperidine rings is 3. The molecule has 0 radical (unpaired) electrons. The van der Waals surface area contributed by atoms with Crippen LogP contribution in [0, 0.1) is 0 Å². The predicted octanol–water partition coefficient (Wildman–Crippen LogP) is 1.17. The van der Waals surface area contributed by atoms with Crippen molar-refractivity contribution in [1.29, 1.82) is 0 Å². The molecule has 3 fully saturated rings. The van der Waals surface area contributed by atoms with E-state index in [0.29, 0.717) is 24.7 Å². The van der Waals surface area contributed by atoms with Gasteiger partial charge in [0.1, 0.15) is 0 Å². The number of hydrogen-bond acceptors (Lipinski definition) is 3. The Labute approximate surface area is 121 Å². The zero-order valence-electron chi connectivity index (χ0n) is 12.4. The van der Waals surface area contributed by atoms with E-state index in [4.69, 9.17) is 0 Å². The van der Waals surface area contributed by atoms with Gasteiger partial charge in [-0.15, -0.1) is 0 Å². The highest BCUT2D eigenvalue weighted by atomic mass is 16.3. The molecule has 3 rings (SSSR count). The molecule has 0 saturated carbocycles. The first-order valence-corrected chi connectivity index (χ1v) is 8.09. The van der Waals surface area contributed by atoms with Crippen molar-refractivity contribution < 1.29 is 9.90 Å². The Morgan fingerprint density at radius 2 is 1.85 bits per heavy atom. The van der Waals surface area contributed by atoms with Gasteiger partial charge < -0.3 is 20.2 Å². The van der Waals surface area contributed by atoms with Crippen molar-refractivity contribution in [2.24, 2.45) is 0 Å². The maximum atomic E-state index is 12.3. The summed E-state index contributed by atoms with van der Waals surface area (Å²) in [6, 6.07) is 1.61. The summed E-state index contributed by atoms with van der Waals surface area (Å²) in [5, 5.41) is 12.9. The van der Waals surface area contributed by atoms with Crippen LogP contribution in [0.4, 0.5) is 4.79 Å². The summed E-state index contributed by atoms with van der Waals surface area (Å²) in [5.74, 6) is 0. The third kappa shape index (κ3) is 2.93. The third-order valence-electron chi connectivity index (χ3n) is 5.35. The molecule has 5 heteroatoms. The van der Waals surface area contributed by atoms with E-state index in [9.17, 15) is 9.90 Å². The standard InChI is InChI=1S/C15H27N3O2/c1-17-12-4-2-5-13(17)9-11(8-12)16-15(20)18-7-3-6-14(19)10-18/h11-14,19H,2-10H2,1H3,(H,16,20). The minimum atomic E-state index is -0.341. The van der Waals surface area contributed by atoms with Crippen LogP contribution in [0.2, 0.25) is 0 Å². The second kappa shape index (κ2) is 5.90. The number of fused-ring (bicyclic) bond motifs is 2. The summed E-state index contributed by atoms with van der Waals surface area (Å²) in [4.78, 5) is 16.6. The molecule has 114 valence electrons. The highest BCUT2D eigenvalue weighted by Crippen LogP contribution is 2.32. The molecule has 2 N–H and O–H groups in total. The smallest absolute Gasteiger partial charge is 0.317 e. The Hall–Kier alpha value is -0.810. The first-order chi connectivity index (χ1) is 9.63. The van der Waals surface area contributed by atoms with E-state index in [1.807, 2.05) is 0 Å². The topological polar surface area (TPSA) is 55.8 Å². The Morgan fingerprint density at radius 1 is 1.15 bits per heavy atom. The van der Waals surface area contributed by atoms with Gasteiger partial charge in [-0.1, -0.05) is 6.42 Å². The molecule has 20 heavy (non-hydrogen) atoms. The van der Waals surface area contributed by atoms with Gasteiger partial charge in [-0.05, 0) is 45.6 Å². The molecule has 0 aromatic rings. The van der Waals surface area contributed by atoms with E-state index in [1.165, 1.54) is 19.3 Å². The number of nitrogens with zero attached hydrogens (tertiary/aromatic N) is 2. The Bertz CT molecular complexity index is 349. The van der Waals surface area contributed by atoms with Crippen LogP contribution >= 0.6 is 0 Å². The van der Waals surface area contributed by atoms with Crippen molar-refractivity contribution in [3.8, 4) is 0 Å². The molecule has 5 nitrogen and oxygen atoms in total. The molecule has 3 saturated heterocycles. The summed E-state index contributed by atoms with van der Waals surface area (Å²) >= 11 is 0. The van der Waals surface area contributed by atoms with Gasteiger partial charge in [0.25, 0.3) is 0 Å². The molecule has 3 unspecified atom stereocenters. The summed E-state index contributed by atoms with van der Waals surface area (Å²) in [7, 11) is 2.23. The van der Waals surface area contributed by atoms with Gasteiger partial charge in [0.05, 0.1) is 6.10 Å². The first-order valence-electron chi connectivity index (χ1n) is 8.09. The second-order valence-corrected chi connectivity index (χ2v) is 6.76. The fraction of sp³-hybridized carbons (Fsp3) is 0.933. The number of nitrogens with one attached hydrogen (secondary N) is 1. The number of aliphatic hydroxyl groups excluding tert-OH is 1. The number of hydrogen-bond donors (Lipinski definition) is 2. The van der Waals surface area contributed by atoms with E-state index in [-0.39, 0.29) is 12.1 Å². The van der Waals surface area contributed by atoms with Gasteiger partial charge >= 0.3 is 6.03 Å². The maximum Gasteiger partial charge on any atom is 0.317 e. The molecule has 3 heterocycles. The monoisotopic (exact) mass is 281 g/mol. The number of urea groups is 1. The molecule has 3 aliphatic rings. The van der Waals surface area contributed by atoms with E-state index in [0.717, 1.165) is 32.2 Å². The Kier molecular flexibility index (Phi) is 4.17. The zero-order chi connectivity index (χ0) is 14.1. The van der Waals surface area contributed by atoms with Crippen molar-refractivity contribution in [2.45, 2.75) is 69.2 Å². The van der Waals surface area contributed by atoms with E-state index < -0.39 is 0 Å². The van der Waals surface area contributed by atoms with Crippen LogP contribution in [0.3, 0.4) is 0 Å². The molecule has 0 aromatic carbocycles. The van der Waals surface area contributed by atoms with Gasteiger partial charge in [0.15, 0.2) is 0 Å². The molecule has 3 aliphatic heterocycles. The van der Waals surface area contributed by atoms with E-state index in [2.05, 4.69) is 17.3 Å². The van der Waals surface area contributed by atoms with Crippen molar-refractivity contribution in [3.05, 3.63) is 0 Å². The lowest BCUT2D eigenvalue weighted by molar-refractivity contribution is 0.0460. The quantitative estimate of drug-likeness (QED) is 0.758. The largest absolute Gasteiger partial charge is 0.391 e. The SMILES string of the molecule is CN1C2CCCC1CC(NC(=O)N1CCCC(O)C1)C2. The van der Waals surface area contributed by atoms with Crippen LogP contribution in [0.25, 0.3) is 0 Å². The highest BCUT2D eigenvalue weighted by molar-refractivity contribution is 5.74. The fourth-order valence-electron chi connectivity index (χ4n) is 4.14. The van der Waals surface area contributed by atoms with Crippen molar-refractivity contribution in [2.75, 3.05) is 20.1 Å². The minimum absolute atomic E-state index is 0.0244. The third-order valence-corrected chi connectivity index (χ3v) is 5.35. The molecule has 3 atom stereocenters. The summed E-state index contributed by atoms with van der Waals surface area (Å²) < 4.78 is 0. The summed E-state index contributed by atoms with van der Waals surface area (Å²) in [6.45, 7) is 1.27. The average molecular weight is 281 g/mol. The predicted molar refractivity (Wildman–Crippen MR) is 77.6 cm³/mol. The lowest BCUT2D eigenvalue weighted by atomic mass is 9.82. The Balaban J connectivity index is 1.54. The van der Waals surface area contributed by atoms with Gasteiger partial charge in [-0.2, -0.15) is 0 Å². The second-order valence-electron chi connectivity index (χ2n) is 6.76. The molecule has 2 amide bonds. The average Bonchev–Trinajstić information content (AvgIpc) is 2.40. The zero-order valence-corrected chi connectivity index (χ0v) is 12.4. The van der Waals surface area contributed by atoms with Crippen LogP contribution in [-0.2, 0) is 0 Å². The molecular formula is C15H27N3O2. The van der Waals surface area contributed by atoms with Crippen LogP contribution < -0.4 is 5.32 Å². The number of likely N-dealkylation sites (tertiary alicyclic amines) is 1. The number of carbonyl (C=O) groups is 1. The molecule has 2 bridgehead atoms. The minimum Gasteiger partial charge on any atom is -0.391 e. The summed E-state index contributed by atoms with van der Waals surface area (Å²) in [6.07, 6.45) is 7.41. The molecule has 0 spiro atoms. The lowest BCUT2D eigenvalue weighted by Crippen LogP contribution is -2.57. The first kappa shape index (κ1) is 14.1. The van der Waals surface area contributed by atoms with Crippen molar-refractivity contribution in [3.63, 3.8) is 0 Å². The van der Waals surface area contributed by atoms with Crippen molar-refractivity contribution in [1.82, 2.24) is 15.1 Å². The van der Waals surface area contributed by atoms with Gasteiger partial charge in [0, 0.05) is 31.2 Å². The van der Waals surface area contributed by atoms with Gasteiger partial charge in [-0.3, -0.25) is 0 Å². The van der Waals surface area contributed by atoms with Crippen LogP contribution in [0.5, 0.6) is 0 Å². The molecule has 0 aromatic heterocycles. The van der Waals surface area contributed by atoms with Crippen LogP contribution in [0.15, 0.2) is 0 Å². The van der Waals surface area contributed by atoms with Crippen LogP contribution in [-0.4, -0.2) is 65.3 Å². The molecular weight excluding hydrogens is 254 g/mol. The van der Waals surface area contributed by atoms with Crippen LogP contribution in [0.1, 0.15) is 44.9 Å². The van der Waals surface area contributed by atoms with Crippen molar-refractivity contribution >= 4 is 6.03 Å². The van der Waals surface area contributed by atoms with Gasteiger partial charge in [-0.25, -0.2) is 4.79 Å². The number of carbonyl (C=O) groups excluding carboxylic acids is 1. The van der Waals surface area contributed by atoms with E-state index in [1.54, 1.807) is 4.90 Å².